The number of esters is 1. The highest BCUT2D eigenvalue weighted by Crippen LogP contribution is 2.27. The molecule has 4 rings (SSSR count). The lowest BCUT2D eigenvalue weighted by molar-refractivity contribution is -0.142. The molecule has 2 aromatic heterocycles. The number of hydrogen-bond acceptors (Lipinski definition) is 5. The molecule has 32 heavy (non-hydrogen) atoms. The van der Waals surface area contributed by atoms with Gasteiger partial charge in [0.05, 0.1) is 24.1 Å². The first-order chi connectivity index (χ1) is 15.6. The number of thiophene rings is 1. The van der Waals surface area contributed by atoms with Gasteiger partial charge in [-0.25, -0.2) is 4.79 Å². The summed E-state index contributed by atoms with van der Waals surface area (Å²) < 4.78 is 6.69. The Hall–Kier alpha value is -3.71. The van der Waals surface area contributed by atoms with Gasteiger partial charge in [0.15, 0.2) is 0 Å². The summed E-state index contributed by atoms with van der Waals surface area (Å²) in [6, 6.07) is 22.5. The second-order valence-electron chi connectivity index (χ2n) is 7.29. The lowest BCUT2D eigenvalue weighted by Crippen LogP contribution is -2.43. The molecule has 0 spiro atoms. The van der Waals surface area contributed by atoms with Gasteiger partial charge in [-0.15, -0.1) is 11.3 Å². The maximum Gasteiger partial charge on any atom is 0.328 e. The molecule has 0 saturated heterocycles. The minimum absolute atomic E-state index is 0.339. The van der Waals surface area contributed by atoms with Crippen LogP contribution >= 0.6 is 11.3 Å². The Morgan fingerprint density at radius 1 is 1.00 bits per heavy atom. The molecule has 1 atom stereocenters. The summed E-state index contributed by atoms with van der Waals surface area (Å²) >= 11 is 1.51. The van der Waals surface area contributed by atoms with Crippen molar-refractivity contribution in [1.29, 1.82) is 0 Å². The number of rotatable bonds is 8. The lowest BCUT2D eigenvalue weighted by atomic mass is 10.1. The summed E-state index contributed by atoms with van der Waals surface area (Å²) in [6.45, 7) is 0.539. The van der Waals surface area contributed by atoms with E-state index in [9.17, 15) is 9.59 Å². The summed E-state index contributed by atoms with van der Waals surface area (Å²) in [4.78, 5) is 26.6. The van der Waals surface area contributed by atoms with Crippen LogP contribution in [0.2, 0.25) is 0 Å². The SMILES string of the molecule is COC(=O)[C@@H](Cc1ccccc1)NC(=O)c1cn(Cc2ccccc2)nc1-c1cccs1. The summed E-state index contributed by atoms with van der Waals surface area (Å²) in [6.07, 6.45) is 2.07. The van der Waals surface area contributed by atoms with E-state index in [1.807, 2.05) is 78.2 Å². The monoisotopic (exact) mass is 445 g/mol. The quantitative estimate of drug-likeness (QED) is 0.413. The van der Waals surface area contributed by atoms with Crippen molar-refractivity contribution in [1.82, 2.24) is 15.1 Å². The molecule has 2 heterocycles. The highest BCUT2D eigenvalue weighted by molar-refractivity contribution is 7.13. The van der Waals surface area contributed by atoms with E-state index in [-0.39, 0.29) is 5.91 Å². The first-order valence-corrected chi connectivity index (χ1v) is 11.1. The molecule has 4 aromatic rings. The van der Waals surface area contributed by atoms with Crippen molar-refractivity contribution in [2.45, 2.75) is 19.0 Å². The third kappa shape index (κ3) is 5.12. The first kappa shape index (κ1) is 21.5. The van der Waals surface area contributed by atoms with Crippen LogP contribution in [0.3, 0.4) is 0 Å². The Balaban J connectivity index is 1.61. The van der Waals surface area contributed by atoms with Crippen LogP contribution in [0.1, 0.15) is 21.5 Å². The van der Waals surface area contributed by atoms with Crippen LogP contribution in [-0.2, 0) is 22.5 Å². The van der Waals surface area contributed by atoms with Crippen molar-refractivity contribution in [3.8, 4) is 10.6 Å². The van der Waals surface area contributed by atoms with Crippen LogP contribution in [0.5, 0.6) is 0 Å². The van der Waals surface area contributed by atoms with Gasteiger partial charge in [0.1, 0.15) is 11.7 Å². The number of benzene rings is 2. The topological polar surface area (TPSA) is 73.2 Å². The smallest absolute Gasteiger partial charge is 0.328 e. The molecule has 7 heteroatoms. The van der Waals surface area contributed by atoms with Gasteiger partial charge in [0, 0.05) is 12.6 Å². The molecule has 0 aliphatic rings. The molecule has 6 nitrogen and oxygen atoms in total. The molecule has 0 radical (unpaired) electrons. The Kier molecular flexibility index (Phi) is 6.77. The Bertz CT molecular complexity index is 1170. The normalized spacial score (nSPS) is 11.7. The number of methoxy groups -OCH3 is 1. The molecule has 0 unspecified atom stereocenters. The predicted octanol–water partition coefficient (Wildman–Crippen LogP) is 4.17. The van der Waals surface area contributed by atoms with Gasteiger partial charge in [-0.1, -0.05) is 66.7 Å². The van der Waals surface area contributed by atoms with Gasteiger partial charge in [-0.2, -0.15) is 5.10 Å². The number of ether oxygens (including phenoxy) is 1. The van der Waals surface area contributed by atoms with E-state index < -0.39 is 12.0 Å². The molecule has 2 aromatic carbocycles. The maximum absolute atomic E-state index is 13.3. The predicted molar refractivity (Wildman–Crippen MR) is 125 cm³/mol. The zero-order chi connectivity index (χ0) is 22.3. The van der Waals surface area contributed by atoms with Crippen molar-refractivity contribution < 1.29 is 14.3 Å². The highest BCUT2D eigenvalue weighted by Gasteiger charge is 2.26. The molecular formula is C25H23N3O3S. The molecule has 1 amide bonds. The van der Waals surface area contributed by atoms with E-state index in [2.05, 4.69) is 10.4 Å². The maximum atomic E-state index is 13.3. The minimum atomic E-state index is -0.802. The van der Waals surface area contributed by atoms with Crippen LogP contribution in [0.4, 0.5) is 0 Å². The summed E-state index contributed by atoms with van der Waals surface area (Å²) in [5.74, 6) is -0.851. The van der Waals surface area contributed by atoms with Crippen LogP contribution in [0.15, 0.2) is 84.4 Å². The molecule has 0 aliphatic carbocycles. The van der Waals surface area contributed by atoms with Crippen molar-refractivity contribution in [3.63, 3.8) is 0 Å². The second kappa shape index (κ2) is 10.1. The second-order valence-corrected chi connectivity index (χ2v) is 8.24. The van der Waals surface area contributed by atoms with Gasteiger partial charge in [0.25, 0.3) is 5.91 Å². The van der Waals surface area contributed by atoms with E-state index >= 15 is 0 Å². The Morgan fingerprint density at radius 3 is 2.31 bits per heavy atom. The van der Waals surface area contributed by atoms with Crippen molar-refractivity contribution in [2.75, 3.05) is 7.11 Å². The molecule has 162 valence electrons. The zero-order valence-electron chi connectivity index (χ0n) is 17.6. The number of nitrogens with one attached hydrogen (secondary N) is 1. The van der Waals surface area contributed by atoms with Gasteiger partial charge < -0.3 is 10.1 Å². The van der Waals surface area contributed by atoms with Crippen LogP contribution in [0.25, 0.3) is 10.6 Å². The number of carbonyl (C=O) groups is 2. The molecule has 0 fully saturated rings. The van der Waals surface area contributed by atoms with E-state index in [1.54, 1.807) is 10.9 Å². The van der Waals surface area contributed by atoms with E-state index in [1.165, 1.54) is 18.4 Å². The van der Waals surface area contributed by atoms with Crippen LogP contribution < -0.4 is 5.32 Å². The van der Waals surface area contributed by atoms with Crippen molar-refractivity contribution in [2.24, 2.45) is 0 Å². The number of nitrogens with zero attached hydrogens (tertiary/aromatic N) is 2. The van der Waals surface area contributed by atoms with E-state index in [0.717, 1.165) is 16.0 Å². The van der Waals surface area contributed by atoms with Crippen molar-refractivity contribution >= 4 is 23.2 Å². The number of amides is 1. The number of carbonyl (C=O) groups excluding carboxylic acids is 2. The highest BCUT2D eigenvalue weighted by atomic mass is 32.1. The molecule has 0 aliphatic heterocycles. The number of aromatic nitrogens is 2. The van der Waals surface area contributed by atoms with Gasteiger partial charge in [0.2, 0.25) is 0 Å². The van der Waals surface area contributed by atoms with Gasteiger partial charge >= 0.3 is 5.97 Å². The van der Waals surface area contributed by atoms with Crippen molar-refractivity contribution in [3.05, 3.63) is 101 Å². The fraction of sp³-hybridized carbons (Fsp3) is 0.160. The standard InChI is InChI=1S/C25H23N3O3S/c1-31-25(30)21(15-18-9-4-2-5-10-18)26-24(29)20-17-28(16-19-11-6-3-7-12-19)27-23(20)22-13-8-14-32-22/h2-14,17,21H,15-16H2,1H3,(H,26,29)/t21-/m1/s1. The van der Waals surface area contributed by atoms with Crippen LogP contribution in [0, 0.1) is 0 Å². The van der Waals surface area contributed by atoms with E-state index in [0.29, 0.717) is 24.2 Å². The summed E-state index contributed by atoms with van der Waals surface area (Å²) in [7, 11) is 1.32. The summed E-state index contributed by atoms with van der Waals surface area (Å²) in [5, 5.41) is 9.47. The Morgan fingerprint density at radius 2 is 1.69 bits per heavy atom. The third-order valence-corrected chi connectivity index (χ3v) is 5.90. The third-order valence-electron chi connectivity index (χ3n) is 5.02. The Labute approximate surface area is 190 Å². The average Bonchev–Trinajstić information content (AvgIpc) is 3.49. The first-order valence-electron chi connectivity index (χ1n) is 10.2. The summed E-state index contributed by atoms with van der Waals surface area (Å²) in [5.41, 5.74) is 3.03. The molecule has 0 bridgehead atoms. The number of hydrogen-bond donors (Lipinski definition) is 1. The van der Waals surface area contributed by atoms with Gasteiger partial charge in [-0.3, -0.25) is 9.48 Å². The average molecular weight is 446 g/mol. The minimum Gasteiger partial charge on any atom is -0.467 e. The lowest BCUT2D eigenvalue weighted by Gasteiger charge is -2.16. The largest absolute Gasteiger partial charge is 0.467 e. The van der Waals surface area contributed by atoms with E-state index in [4.69, 9.17) is 4.74 Å². The zero-order valence-corrected chi connectivity index (χ0v) is 18.4. The van der Waals surface area contributed by atoms with Gasteiger partial charge in [-0.05, 0) is 22.6 Å². The van der Waals surface area contributed by atoms with Crippen LogP contribution in [-0.4, -0.2) is 34.8 Å². The molecular weight excluding hydrogens is 422 g/mol. The fourth-order valence-electron chi connectivity index (χ4n) is 3.46. The molecule has 1 N–H and O–H groups in total. The fourth-order valence-corrected chi connectivity index (χ4v) is 4.18. The molecule has 0 saturated carbocycles.